The molecule has 8 heteroatoms. The molecule has 3 aliphatic rings. The van der Waals surface area contributed by atoms with Crippen LogP contribution in [0.2, 0.25) is 0 Å². The Morgan fingerprint density at radius 3 is 2.58 bits per heavy atom. The van der Waals surface area contributed by atoms with Crippen LogP contribution in [0.15, 0.2) is 53.1 Å². The van der Waals surface area contributed by atoms with Crippen molar-refractivity contribution in [3.05, 3.63) is 69.8 Å². The Morgan fingerprint density at radius 1 is 1.15 bits per heavy atom. The lowest BCUT2D eigenvalue weighted by molar-refractivity contribution is -0.126. The fourth-order valence-corrected chi connectivity index (χ4v) is 5.59. The van der Waals surface area contributed by atoms with Crippen LogP contribution in [-0.2, 0) is 16.0 Å². The van der Waals surface area contributed by atoms with Gasteiger partial charge in [0.1, 0.15) is 22.8 Å². The van der Waals surface area contributed by atoms with Gasteiger partial charge in [0.15, 0.2) is 11.6 Å². The highest BCUT2D eigenvalue weighted by molar-refractivity contribution is 6.22. The van der Waals surface area contributed by atoms with Gasteiger partial charge in [-0.25, -0.2) is 0 Å². The number of phenolic OH excluding ortho intramolecular Hbond substituents is 1. The monoisotopic (exact) mass is 446 g/mol. The summed E-state index contributed by atoms with van der Waals surface area (Å²) in [7, 11) is 0. The maximum absolute atomic E-state index is 13.6. The molecule has 3 atom stereocenters. The van der Waals surface area contributed by atoms with Gasteiger partial charge in [0.05, 0.1) is 17.2 Å². The van der Waals surface area contributed by atoms with Crippen LogP contribution in [0, 0.1) is 24.7 Å². The highest BCUT2D eigenvalue weighted by Gasteiger charge is 2.50. The number of nitrogens with two attached hydrogens (primary N) is 1. The second kappa shape index (κ2) is 7.30. The number of aromatic hydroxyl groups is 1. The van der Waals surface area contributed by atoms with Gasteiger partial charge in [0, 0.05) is 23.8 Å². The van der Waals surface area contributed by atoms with Gasteiger partial charge in [-0.1, -0.05) is 6.07 Å². The predicted octanol–water partition coefficient (Wildman–Crippen LogP) is 2.84. The molecule has 0 spiro atoms. The summed E-state index contributed by atoms with van der Waals surface area (Å²) in [5.74, 6) is -5.33. The van der Waals surface area contributed by atoms with Crippen LogP contribution < -0.4 is 5.73 Å². The molecule has 1 amide bonds. The van der Waals surface area contributed by atoms with Gasteiger partial charge in [-0.05, 0) is 60.9 Å². The molecule has 5 rings (SSSR count). The second-order valence-electron chi connectivity index (χ2n) is 8.92. The van der Waals surface area contributed by atoms with Crippen LogP contribution in [-0.4, -0.2) is 37.8 Å². The third-order valence-electron chi connectivity index (χ3n) is 7.02. The zero-order valence-electron chi connectivity index (χ0n) is 17.8. The number of carbonyl (C=O) groups excluding carboxylic acids is 3. The van der Waals surface area contributed by atoms with Gasteiger partial charge >= 0.3 is 0 Å². The zero-order chi connectivity index (χ0) is 23.6. The minimum atomic E-state index is -1.12. The van der Waals surface area contributed by atoms with Gasteiger partial charge in [-0.2, -0.15) is 0 Å². The molecule has 33 heavy (non-hydrogen) atoms. The molecule has 3 aliphatic carbocycles. The molecule has 168 valence electrons. The fraction of sp³-hybridized carbons (Fsp3) is 0.280. The smallest absolute Gasteiger partial charge is 0.255 e. The molecule has 8 nitrogen and oxygen atoms in total. The number of ketones is 2. The van der Waals surface area contributed by atoms with Crippen molar-refractivity contribution in [3.8, 4) is 17.0 Å². The standard InChI is InChI=1S/C25H22N2O6/c1-10-6-13(15-4-2-3-5-27-15)14-8-11-7-12-9-16(28)20(25(26)33)24(32)18(12)22(30)17(11)23(31)19(14)21(10)29/h2-6,11-12,18,28-30H,7-9H2,1H3,(H2,26,33). The summed E-state index contributed by atoms with van der Waals surface area (Å²) in [5, 5.41) is 32.1. The molecule has 1 aromatic heterocycles. The number of aliphatic hydroxyl groups is 2. The number of fused-ring (bicyclic) bond motifs is 3. The summed E-state index contributed by atoms with van der Waals surface area (Å²) in [5.41, 5.74) is 7.44. The first-order chi connectivity index (χ1) is 15.7. The van der Waals surface area contributed by atoms with Crippen molar-refractivity contribution in [1.29, 1.82) is 0 Å². The number of aromatic nitrogens is 1. The highest BCUT2D eigenvalue weighted by Crippen LogP contribution is 2.51. The number of aliphatic hydroxyl groups excluding tert-OH is 2. The summed E-state index contributed by atoms with van der Waals surface area (Å²) in [4.78, 5) is 42.6. The third kappa shape index (κ3) is 2.97. The summed E-state index contributed by atoms with van der Waals surface area (Å²) in [6.45, 7) is 1.68. The van der Waals surface area contributed by atoms with Crippen molar-refractivity contribution in [2.75, 3.05) is 0 Å². The van der Waals surface area contributed by atoms with E-state index in [4.69, 9.17) is 5.73 Å². The lowest BCUT2D eigenvalue weighted by Crippen LogP contribution is -2.43. The molecule has 0 saturated heterocycles. The minimum absolute atomic E-state index is 0.00974. The van der Waals surface area contributed by atoms with E-state index in [0.29, 0.717) is 29.7 Å². The number of amides is 1. The van der Waals surface area contributed by atoms with Crippen LogP contribution in [0.3, 0.4) is 0 Å². The molecule has 0 aliphatic heterocycles. The molecule has 0 bridgehead atoms. The number of allylic oxidation sites excluding steroid dienone is 3. The first-order valence-electron chi connectivity index (χ1n) is 10.7. The average Bonchev–Trinajstić information content (AvgIpc) is 2.75. The van der Waals surface area contributed by atoms with Crippen molar-refractivity contribution in [2.45, 2.75) is 26.2 Å². The number of Topliss-reactive ketones (excluding diaryl/α,β-unsaturated/α-hetero) is 2. The Hall–Kier alpha value is -3.94. The van der Waals surface area contributed by atoms with E-state index in [0.717, 1.165) is 5.56 Å². The largest absolute Gasteiger partial charge is 0.511 e. The van der Waals surface area contributed by atoms with Crippen LogP contribution in [0.4, 0.5) is 0 Å². The van der Waals surface area contributed by atoms with Crippen molar-refractivity contribution < 1.29 is 29.7 Å². The van der Waals surface area contributed by atoms with Gasteiger partial charge < -0.3 is 21.1 Å². The number of primary amides is 1. The van der Waals surface area contributed by atoms with E-state index in [1.54, 1.807) is 25.3 Å². The second-order valence-corrected chi connectivity index (χ2v) is 8.92. The van der Waals surface area contributed by atoms with E-state index in [-0.39, 0.29) is 29.1 Å². The Bertz CT molecular complexity index is 1310. The molecule has 0 fully saturated rings. The zero-order valence-corrected chi connectivity index (χ0v) is 17.8. The number of rotatable bonds is 2. The van der Waals surface area contributed by atoms with Gasteiger partial charge in [0.2, 0.25) is 0 Å². The molecule has 5 N–H and O–H groups in total. The number of aryl methyl sites for hydroxylation is 1. The van der Waals surface area contributed by atoms with E-state index in [1.807, 2.05) is 12.1 Å². The molecule has 2 aromatic rings. The summed E-state index contributed by atoms with van der Waals surface area (Å²) < 4.78 is 0. The number of hydrogen-bond acceptors (Lipinski definition) is 7. The molecule has 1 heterocycles. The quantitative estimate of drug-likeness (QED) is 0.518. The van der Waals surface area contributed by atoms with E-state index in [9.17, 15) is 29.7 Å². The van der Waals surface area contributed by atoms with E-state index in [2.05, 4.69) is 4.98 Å². The fourth-order valence-electron chi connectivity index (χ4n) is 5.59. The summed E-state index contributed by atoms with van der Waals surface area (Å²) >= 11 is 0. The minimum Gasteiger partial charge on any atom is -0.511 e. The molecular formula is C25H22N2O6. The molecule has 0 radical (unpaired) electrons. The molecule has 1 aromatic carbocycles. The van der Waals surface area contributed by atoms with Crippen LogP contribution in [0.5, 0.6) is 5.75 Å². The van der Waals surface area contributed by atoms with Gasteiger partial charge in [-0.15, -0.1) is 0 Å². The van der Waals surface area contributed by atoms with Crippen molar-refractivity contribution in [1.82, 2.24) is 4.98 Å². The number of carbonyl (C=O) groups is 3. The third-order valence-corrected chi connectivity index (χ3v) is 7.02. The van der Waals surface area contributed by atoms with Crippen LogP contribution in [0.25, 0.3) is 11.3 Å². The van der Waals surface area contributed by atoms with Crippen molar-refractivity contribution in [2.24, 2.45) is 23.5 Å². The first kappa shape index (κ1) is 20.9. The lowest BCUT2D eigenvalue weighted by atomic mass is 9.62. The molecular weight excluding hydrogens is 424 g/mol. The molecule has 3 unspecified atom stereocenters. The van der Waals surface area contributed by atoms with E-state index >= 15 is 0 Å². The number of benzene rings is 1. The number of pyridine rings is 1. The highest BCUT2D eigenvalue weighted by atomic mass is 16.3. The van der Waals surface area contributed by atoms with Crippen LogP contribution in [0.1, 0.15) is 34.3 Å². The topological polar surface area (TPSA) is 151 Å². The molecule has 0 saturated carbocycles. The number of nitrogens with zero attached hydrogens (tertiary/aromatic N) is 1. The Kier molecular flexibility index (Phi) is 4.63. The van der Waals surface area contributed by atoms with Crippen molar-refractivity contribution >= 4 is 17.5 Å². The maximum Gasteiger partial charge on any atom is 0.255 e. The average molecular weight is 446 g/mol. The normalized spacial score (nSPS) is 24.3. The Labute approximate surface area is 189 Å². The Morgan fingerprint density at radius 2 is 1.91 bits per heavy atom. The predicted molar refractivity (Wildman–Crippen MR) is 117 cm³/mol. The maximum atomic E-state index is 13.6. The van der Waals surface area contributed by atoms with Crippen molar-refractivity contribution in [3.63, 3.8) is 0 Å². The van der Waals surface area contributed by atoms with Gasteiger partial charge in [-0.3, -0.25) is 19.4 Å². The van der Waals surface area contributed by atoms with Gasteiger partial charge in [0.25, 0.3) is 5.91 Å². The summed E-state index contributed by atoms with van der Waals surface area (Å²) in [6.07, 6.45) is 2.37. The lowest BCUT2D eigenvalue weighted by Gasteiger charge is -2.41. The SMILES string of the molecule is Cc1cc(-c2ccccn2)c2c(c1O)C(=O)C1=C(O)C3C(=O)C(C(N)=O)=C(O)CC3CC1C2. The first-order valence-corrected chi connectivity index (χ1v) is 10.7. The Balaban J connectivity index is 1.68. The van der Waals surface area contributed by atoms with E-state index in [1.165, 1.54) is 0 Å². The number of hydrogen-bond donors (Lipinski definition) is 4. The number of phenols is 1. The van der Waals surface area contributed by atoms with E-state index < -0.39 is 46.6 Å². The summed E-state index contributed by atoms with van der Waals surface area (Å²) in [6, 6.07) is 7.24. The van der Waals surface area contributed by atoms with Crippen LogP contribution >= 0.6 is 0 Å².